The van der Waals surface area contributed by atoms with Gasteiger partial charge in [-0.3, -0.25) is 0 Å². The number of nitrogens with zero attached hydrogens (tertiary/aromatic N) is 2. The molecule has 0 fully saturated rings. The molecule has 0 saturated heterocycles. The summed E-state index contributed by atoms with van der Waals surface area (Å²) in [6, 6.07) is 9.26. The first-order valence-corrected chi connectivity index (χ1v) is 4.32. The summed E-state index contributed by atoms with van der Waals surface area (Å²) in [6.45, 7) is 1.87. The fourth-order valence-electron chi connectivity index (χ4n) is 1.21. The van der Waals surface area contributed by atoms with Crippen molar-refractivity contribution in [2.45, 2.75) is 19.4 Å². The predicted molar refractivity (Wildman–Crippen MR) is 53.1 cm³/mol. The van der Waals surface area contributed by atoms with E-state index in [1.54, 1.807) is 6.07 Å². The van der Waals surface area contributed by atoms with Crippen LogP contribution in [0.15, 0.2) is 18.2 Å². The maximum atomic E-state index is 8.80. The fraction of sp³-hybridized carbons (Fsp3) is 0.273. The Kier molecular flexibility index (Phi) is 3.23. The van der Waals surface area contributed by atoms with E-state index in [9.17, 15) is 0 Å². The van der Waals surface area contributed by atoms with E-state index in [0.29, 0.717) is 5.56 Å². The molecule has 0 radical (unpaired) electrons. The molecule has 0 aliphatic carbocycles. The van der Waals surface area contributed by atoms with Gasteiger partial charge in [-0.2, -0.15) is 10.5 Å². The summed E-state index contributed by atoms with van der Waals surface area (Å²) in [5.74, 6) is 0. The first-order valence-electron chi connectivity index (χ1n) is 4.32. The van der Waals surface area contributed by atoms with Crippen LogP contribution in [-0.4, -0.2) is 0 Å². The van der Waals surface area contributed by atoms with Crippen LogP contribution in [0, 0.1) is 29.6 Å². The van der Waals surface area contributed by atoms with E-state index in [4.69, 9.17) is 16.3 Å². The van der Waals surface area contributed by atoms with Gasteiger partial charge < -0.3 is 5.73 Å². The fourth-order valence-corrected chi connectivity index (χ4v) is 1.21. The second-order valence-electron chi connectivity index (χ2n) is 3.15. The molecule has 0 amide bonds. The van der Waals surface area contributed by atoms with Gasteiger partial charge in [-0.1, -0.05) is 12.1 Å². The molecule has 2 N–H and O–H groups in total. The lowest BCUT2D eigenvalue weighted by atomic mass is 10.00. The minimum absolute atomic E-state index is 0.272. The molecule has 0 saturated carbocycles. The van der Waals surface area contributed by atoms with Crippen molar-refractivity contribution in [3.05, 3.63) is 34.9 Å². The highest BCUT2D eigenvalue weighted by Gasteiger charge is 2.07. The summed E-state index contributed by atoms with van der Waals surface area (Å²) in [4.78, 5) is 0. The normalized spacial score (nSPS) is 11.4. The van der Waals surface area contributed by atoms with Gasteiger partial charge in [0.25, 0.3) is 0 Å². The number of nitrogens with two attached hydrogens (primary N) is 1. The van der Waals surface area contributed by atoms with Crippen molar-refractivity contribution in [2.75, 3.05) is 0 Å². The highest BCUT2D eigenvalue weighted by atomic mass is 14.6. The van der Waals surface area contributed by atoms with E-state index in [2.05, 4.69) is 6.07 Å². The average Bonchev–Trinajstić information content (AvgIpc) is 2.19. The zero-order valence-electron chi connectivity index (χ0n) is 7.99. The van der Waals surface area contributed by atoms with E-state index in [0.717, 1.165) is 11.1 Å². The maximum Gasteiger partial charge on any atom is 0.0994 e. The van der Waals surface area contributed by atoms with Crippen LogP contribution in [0.1, 0.15) is 29.2 Å². The van der Waals surface area contributed by atoms with Gasteiger partial charge in [0.15, 0.2) is 0 Å². The van der Waals surface area contributed by atoms with Crippen molar-refractivity contribution in [2.24, 2.45) is 5.73 Å². The molecule has 1 aromatic carbocycles. The van der Waals surface area contributed by atoms with Gasteiger partial charge in [0, 0.05) is 6.04 Å². The van der Waals surface area contributed by atoms with Gasteiger partial charge in [0.1, 0.15) is 0 Å². The van der Waals surface area contributed by atoms with Crippen LogP contribution < -0.4 is 5.73 Å². The zero-order valence-corrected chi connectivity index (χ0v) is 7.99. The van der Waals surface area contributed by atoms with Crippen molar-refractivity contribution in [3.63, 3.8) is 0 Å². The summed E-state index contributed by atoms with van der Waals surface area (Å²) >= 11 is 0. The lowest BCUT2D eigenvalue weighted by Gasteiger charge is -2.08. The molecule has 0 spiro atoms. The molecule has 0 aliphatic heterocycles. The van der Waals surface area contributed by atoms with Crippen molar-refractivity contribution < 1.29 is 0 Å². The van der Waals surface area contributed by atoms with Crippen LogP contribution in [0.4, 0.5) is 0 Å². The van der Waals surface area contributed by atoms with Crippen LogP contribution in [-0.2, 0) is 0 Å². The van der Waals surface area contributed by atoms with Crippen molar-refractivity contribution >= 4 is 0 Å². The Morgan fingerprint density at radius 3 is 2.71 bits per heavy atom. The predicted octanol–water partition coefficient (Wildman–Crippen LogP) is 1.78. The van der Waals surface area contributed by atoms with Gasteiger partial charge in [0.2, 0.25) is 0 Å². The molecule has 70 valence electrons. The van der Waals surface area contributed by atoms with Gasteiger partial charge in [0.05, 0.1) is 24.1 Å². The minimum Gasteiger partial charge on any atom is -0.323 e. The van der Waals surface area contributed by atoms with Crippen LogP contribution in [0.3, 0.4) is 0 Å². The molecule has 0 bridgehead atoms. The lowest BCUT2D eigenvalue weighted by Crippen LogP contribution is -2.09. The first-order chi connectivity index (χ1) is 6.69. The summed E-state index contributed by atoms with van der Waals surface area (Å²) in [5, 5.41) is 17.3. The third kappa shape index (κ3) is 2.10. The molecule has 0 aliphatic rings. The number of nitriles is 2. The summed E-state index contributed by atoms with van der Waals surface area (Å²) < 4.78 is 0. The number of benzene rings is 1. The third-order valence-corrected chi connectivity index (χ3v) is 2.12. The largest absolute Gasteiger partial charge is 0.323 e. The molecular weight excluding hydrogens is 174 g/mol. The quantitative estimate of drug-likeness (QED) is 0.763. The molecule has 3 nitrogen and oxygen atoms in total. The molecule has 14 heavy (non-hydrogen) atoms. The second kappa shape index (κ2) is 4.41. The molecule has 0 heterocycles. The van der Waals surface area contributed by atoms with Gasteiger partial charge in [-0.05, 0) is 24.1 Å². The van der Waals surface area contributed by atoms with Crippen molar-refractivity contribution in [3.8, 4) is 12.1 Å². The monoisotopic (exact) mass is 185 g/mol. The second-order valence-corrected chi connectivity index (χ2v) is 3.15. The van der Waals surface area contributed by atoms with Crippen LogP contribution in [0.5, 0.6) is 0 Å². The SMILES string of the molecule is Cc1ccc([C@H](N)CC#N)cc1C#N. The van der Waals surface area contributed by atoms with Gasteiger partial charge in [-0.25, -0.2) is 0 Å². The molecule has 0 aromatic heterocycles. The highest BCUT2D eigenvalue weighted by Crippen LogP contribution is 2.17. The Morgan fingerprint density at radius 1 is 1.43 bits per heavy atom. The Bertz CT molecular complexity index is 410. The zero-order chi connectivity index (χ0) is 10.6. The Labute approximate surface area is 83.4 Å². The first kappa shape index (κ1) is 10.2. The summed E-state index contributed by atoms with van der Waals surface area (Å²) in [5.41, 5.74) is 8.14. The van der Waals surface area contributed by atoms with E-state index in [1.165, 1.54) is 0 Å². The highest BCUT2D eigenvalue weighted by molar-refractivity contribution is 5.40. The number of rotatable bonds is 2. The average molecular weight is 185 g/mol. The molecule has 1 aromatic rings. The van der Waals surface area contributed by atoms with Crippen LogP contribution in [0.2, 0.25) is 0 Å². The number of hydrogen-bond acceptors (Lipinski definition) is 3. The third-order valence-electron chi connectivity index (χ3n) is 2.12. The number of aryl methyl sites for hydroxylation is 1. The number of hydrogen-bond donors (Lipinski definition) is 1. The minimum atomic E-state index is -0.298. The molecule has 0 unspecified atom stereocenters. The molecule has 1 atom stereocenters. The van der Waals surface area contributed by atoms with E-state index in [-0.39, 0.29) is 12.5 Å². The van der Waals surface area contributed by atoms with E-state index < -0.39 is 0 Å². The van der Waals surface area contributed by atoms with Gasteiger partial charge >= 0.3 is 0 Å². The van der Waals surface area contributed by atoms with E-state index in [1.807, 2.05) is 25.1 Å². The maximum absolute atomic E-state index is 8.80. The van der Waals surface area contributed by atoms with Crippen molar-refractivity contribution in [1.29, 1.82) is 10.5 Å². The Hall–Kier alpha value is -1.84. The van der Waals surface area contributed by atoms with Crippen molar-refractivity contribution in [1.82, 2.24) is 0 Å². The lowest BCUT2D eigenvalue weighted by molar-refractivity contribution is 0.748. The van der Waals surface area contributed by atoms with E-state index >= 15 is 0 Å². The van der Waals surface area contributed by atoms with Crippen LogP contribution >= 0.6 is 0 Å². The Morgan fingerprint density at radius 2 is 2.14 bits per heavy atom. The Balaban J connectivity index is 3.03. The summed E-state index contributed by atoms with van der Waals surface area (Å²) in [6.07, 6.45) is 0.272. The molecule has 1 rings (SSSR count). The standard InChI is InChI=1S/C11H11N3/c1-8-2-3-9(6-10(8)7-13)11(14)4-5-12/h2-3,6,11H,4,14H2,1H3/t11-/m1/s1. The molecular formula is C11H11N3. The van der Waals surface area contributed by atoms with Crippen LogP contribution in [0.25, 0.3) is 0 Å². The smallest absolute Gasteiger partial charge is 0.0994 e. The topological polar surface area (TPSA) is 73.6 Å². The van der Waals surface area contributed by atoms with Gasteiger partial charge in [-0.15, -0.1) is 0 Å². The summed E-state index contributed by atoms with van der Waals surface area (Å²) in [7, 11) is 0. The molecule has 3 heteroatoms.